The van der Waals surface area contributed by atoms with Gasteiger partial charge in [-0.05, 0) is 50.3 Å². The van der Waals surface area contributed by atoms with Crippen molar-refractivity contribution < 1.29 is 83.0 Å². The van der Waals surface area contributed by atoms with Gasteiger partial charge < -0.3 is 79.8 Å². The molecular weight excluding hydrogens is 852 g/mol. The summed E-state index contributed by atoms with van der Waals surface area (Å²) in [6.45, 7) is 0.495. The highest BCUT2D eigenvalue weighted by molar-refractivity contribution is 5.92. The number of nitrogen functional groups attached to an aromatic ring is 1. The Morgan fingerprint density at radius 2 is 1.62 bits per heavy atom. The summed E-state index contributed by atoms with van der Waals surface area (Å²) >= 11 is 0. The highest BCUT2D eigenvalue weighted by atomic mass is 16.7. The van der Waals surface area contributed by atoms with Gasteiger partial charge >= 0.3 is 23.6 Å². The van der Waals surface area contributed by atoms with Crippen LogP contribution >= 0.6 is 0 Å². The number of aromatic nitrogens is 2. The third-order valence-electron chi connectivity index (χ3n) is 12.1. The quantitative estimate of drug-likeness (QED) is 0.0685. The number of aliphatic carboxylic acids is 1. The number of nitrogens with one attached hydrogen (secondary N) is 3. The number of carbonyl (C=O) groups is 4. The molecule has 23 heteroatoms. The van der Waals surface area contributed by atoms with Crippen LogP contribution in [0, 0.1) is 11.8 Å². The fourth-order valence-corrected chi connectivity index (χ4v) is 8.74. The van der Waals surface area contributed by atoms with E-state index in [1.54, 1.807) is 0 Å². The zero-order valence-electron chi connectivity index (χ0n) is 35.1. The summed E-state index contributed by atoms with van der Waals surface area (Å²) in [5.41, 5.74) is 3.61. The lowest BCUT2D eigenvalue weighted by Crippen LogP contribution is -2.65. The molecule has 11 N–H and O–H groups in total. The summed E-state index contributed by atoms with van der Waals surface area (Å²) in [4.78, 5) is 82.0. The van der Waals surface area contributed by atoms with Crippen LogP contribution in [0.2, 0.25) is 0 Å². The van der Waals surface area contributed by atoms with Gasteiger partial charge in [0.25, 0.3) is 11.5 Å². The molecule has 23 nitrogen and oxygen atoms in total. The number of aromatic amines is 2. The van der Waals surface area contributed by atoms with Gasteiger partial charge in [-0.3, -0.25) is 19.4 Å². The zero-order valence-corrected chi connectivity index (χ0v) is 35.1. The van der Waals surface area contributed by atoms with Crippen molar-refractivity contribution in [1.29, 1.82) is 0 Å². The average Bonchev–Trinajstić information content (AvgIpc) is 3.26. The number of esters is 2. The first kappa shape index (κ1) is 48.6. The van der Waals surface area contributed by atoms with E-state index in [2.05, 4.69) is 10.3 Å². The molecule has 2 saturated heterocycles. The molecule has 3 heterocycles. The van der Waals surface area contributed by atoms with Crippen molar-refractivity contribution in [2.45, 2.75) is 144 Å². The van der Waals surface area contributed by atoms with Crippen LogP contribution in [0.15, 0.2) is 39.9 Å². The lowest BCUT2D eigenvalue weighted by Gasteiger charge is -2.48. The number of aliphatic hydroxyl groups excluding tert-OH is 5. The Morgan fingerprint density at radius 1 is 0.891 bits per heavy atom. The number of amides is 1. The number of ether oxygens (including phenoxy) is 7. The molecule has 1 aromatic heterocycles. The van der Waals surface area contributed by atoms with E-state index in [4.69, 9.17) is 38.9 Å². The third kappa shape index (κ3) is 11.5. The first-order chi connectivity index (χ1) is 30.5. The van der Waals surface area contributed by atoms with Gasteiger partial charge in [-0.1, -0.05) is 38.2 Å². The summed E-state index contributed by atoms with van der Waals surface area (Å²) in [7, 11) is 1.10. The van der Waals surface area contributed by atoms with Crippen molar-refractivity contribution in [3.63, 3.8) is 0 Å². The van der Waals surface area contributed by atoms with Crippen molar-refractivity contribution in [2.24, 2.45) is 11.8 Å². The van der Waals surface area contributed by atoms with Crippen LogP contribution in [0.5, 0.6) is 0 Å². The third-order valence-corrected chi connectivity index (χ3v) is 12.1. The van der Waals surface area contributed by atoms with Gasteiger partial charge in [-0.2, -0.15) is 0 Å². The number of anilines is 1. The fourth-order valence-electron chi connectivity index (χ4n) is 8.74. The second-order valence-corrected chi connectivity index (χ2v) is 16.6. The van der Waals surface area contributed by atoms with Gasteiger partial charge in [0.1, 0.15) is 48.4 Å². The van der Waals surface area contributed by atoms with Gasteiger partial charge in [0, 0.05) is 11.8 Å². The van der Waals surface area contributed by atoms with E-state index in [0.717, 1.165) is 45.3 Å². The molecule has 4 fully saturated rings. The SMILES string of the molecule is COC(=O)C1CC(NC(=O)c2cc(=O)[nH]c(=O)[nH]2)[C@@H](O[C@@H]2OC(C)[C@@H](O)[C@H](O)C2O)[C@H](O[C@@H]2O[C@@H](CO)[C@H](O)C(O[C@@H](CC3CCCCC3)C(=O)O)C2OC(=O)c2cccc(N)c2)C1. The highest BCUT2D eigenvalue weighted by Crippen LogP contribution is 2.38. The van der Waals surface area contributed by atoms with Crippen molar-refractivity contribution in [3.8, 4) is 0 Å². The van der Waals surface area contributed by atoms with Crippen LogP contribution < -0.4 is 22.3 Å². The van der Waals surface area contributed by atoms with Gasteiger partial charge in [0.05, 0.1) is 43.4 Å². The number of rotatable bonds is 15. The normalized spacial score (nSPS) is 34.0. The maximum absolute atomic E-state index is 13.9. The van der Waals surface area contributed by atoms with Crippen LogP contribution in [-0.4, -0.2) is 164 Å². The predicted octanol–water partition coefficient (Wildman–Crippen LogP) is -1.96. The Bertz CT molecular complexity index is 2030. The molecule has 1 aromatic carbocycles. The zero-order chi connectivity index (χ0) is 46.4. The van der Waals surface area contributed by atoms with E-state index in [9.17, 15) is 59.4 Å². The van der Waals surface area contributed by atoms with Crippen molar-refractivity contribution >= 4 is 29.5 Å². The number of carboxylic acid groups (broad SMARTS) is 1. The molecule has 0 spiro atoms. The molecule has 2 aliphatic heterocycles. The van der Waals surface area contributed by atoms with Crippen LogP contribution in [0.25, 0.3) is 0 Å². The number of benzene rings is 1. The smallest absolute Gasteiger partial charge is 0.338 e. The number of aliphatic hydroxyl groups is 5. The Balaban J connectivity index is 1.41. The first-order valence-electron chi connectivity index (χ1n) is 21.1. The Kier molecular flexibility index (Phi) is 16.3. The first-order valence-corrected chi connectivity index (χ1v) is 21.1. The van der Waals surface area contributed by atoms with Crippen molar-refractivity contribution in [1.82, 2.24) is 15.3 Å². The van der Waals surface area contributed by atoms with Gasteiger partial charge in [0.15, 0.2) is 24.8 Å². The molecule has 0 bridgehead atoms. The van der Waals surface area contributed by atoms with E-state index in [1.165, 1.54) is 31.2 Å². The number of hydrogen-bond donors (Lipinski definition) is 10. The summed E-state index contributed by atoms with van der Waals surface area (Å²) in [5.74, 6) is -5.44. The van der Waals surface area contributed by atoms with Crippen molar-refractivity contribution in [3.05, 3.63) is 62.4 Å². The monoisotopic (exact) mass is 908 g/mol. The lowest BCUT2D eigenvalue weighted by molar-refractivity contribution is -0.347. The van der Waals surface area contributed by atoms with Crippen LogP contribution in [-0.2, 0) is 42.7 Å². The molecule has 2 aliphatic carbocycles. The molecule has 354 valence electrons. The van der Waals surface area contributed by atoms with E-state index in [0.29, 0.717) is 0 Å². The minimum absolute atomic E-state index is 0.0343. The van der Waals surface area contributed by atoms with Gasteiger partial charge in [-0.25, -0.2) is 14.4 Å². The predicted molar refractivity (Wildman–Crippen MR) is 215 cm³/mol. The van der Waals surface area contributed by atoms with Crippen LogP contribution in [0.4, 0.5) is 5.69 Å². The number of hydrogen-bond acceptors (Lipinski definition) is 19. The lowest BCUT2D eigenvalue weighted by atomic mass is 9.81. The number of nitrogens with two attached hydrogens (primary N) is 1. The van der Waals surface area contributed by atoms with E-state index < -0.39 is 139 Å². The van der Waals surface area contributed by atoms with E-state index in [1.807, 2.05) is 4.98 Å². The molecule has 15 atom stereocenters. The minimum atomic E-state index is -1.91. The molecule has 2 aromatic rings. The molecule has 2 saturated carbocycles. The summed E-state index contributed by atoms with van der Waals surface area (Å²) in [6, 6.07) is 5.07. The number of carbonyl (C=O) groups excluding carboxylic acids is 3. The second kappa shape index (κ2) is 21.4. The Morgan fingerprint density at radius 3 is 2.28 bits per heavy atom. The Labute approximate surface area is 365 Å². The fraction of sp³-hybridized carbons (Fsp3) is 0.659. The molecule has 1 amide bonds. The molecule has 64 heavy (non-hydrogen) atoms. The Hall–Kier alpha value is -4.82. The molecule has 0 radical (unpaired) electrons. The molecular formula is C41H56N4O19. The molecule has 4 aliphatic rings. The molecule has 6 rings (SSSR count). The second-order valence-electron chi connectivity index (χ2n) is 16.6. The van der Waals surface area contributed by atoms with Crippen LogP contribution in [0.3, 0.4) is 0 Å². The summed E-state index contributed by atoms with van der Waals surface area (Å²) in [6.07, 6.45) is -18.0. The standard InChI is InChI=1S/C41H56N4O19/c1-17-28(48)30(50)31(51)39(59-17)64-32-22(43-35(52)23-15-27(47)45-41(57)44-23)13-20(37(55)58-2)14-24(32)61-40-34(63-38(56)19-9-6-10-21(42)12-19)33(29(49)26(16-46)62-40)60-25(36(53)54)11-18-7-4-3-5-8-18/h6,9-10,12,15,17-18,20,22,24-26,28-34,39-40,46,48-51H,3-5,7-8,11,13-14,16,42H2,1-2H3,(H,43,52)(H,53,54)(H2,44,45,47,57)/t17?,20?,22?,24-,25+,26+,28-,29+,30+,31?,32-,33?,34?,39+,40-/m1/s1. The highest BCUT2D eigenvalue weighted by Gasteiger charge is 2.54. The van der Waals surface area contributed by atoms with Gasteiger partial charge in [0.2, 0.25) is 0 Å². The number of H-pyrrole nitrogens is 2. The van der Waals surface area contributed by atoms with Crippen molar-refractivity contribution in [2.75, 3.05) is 19.5 Å². The topological polar surface area (TPSA) is 358 Å². The number of methoxy groups -OCH3 is 1. The maximum atomic E-state index is 13.9. The summed E-state index contributed by atoms with van der Waals surface area (Å²) < 4.78 is 41.7. The van der Waals surface area contributed by atoms with Crippen LogP contribution in [0.1, 0.15) is 79.1 Å². The largest absolute Gasteiger partial charge is 0.479 e. The molecule has 6 unspecified atom stereocenters. The maximum Gasteiger partial charge on any atom is 0.338 e. The summed E-state index contributed by atoms with van der Waals surface area (Å²) in [5, 5.41) is 67.3. The average molecular weight is 909 g/mol. The van der Waals surface area contributed by atoms with Gasteiger partial charge in [-0.15, -0.1) is 0 Å². The number of carboxylic acids is 1. The van der Waals surface area contributed by atoms with E-state index in [-0.39, 0.29) is 36.4 Å². The minimum Gasteiger partial charge on any atom is -0.479 e. The van der Waals surface area contributed by atoms with E-state index >= 15 is 0 Å².